The van der Waals surface area contributed by atoms with Crippen molar-refractivity contribution in [2.75, 3.05) is 0 Å². The molecule has 0 aliphatic carbocycles. The van der Waals surface area contributed by atoms with Gasteiger partial charge in [-0.25, -0.2) is 0 Å². The number of ketones is 1. The van der Waals surface area contributed by atoms with E-state index < -0.39 is 0 Å². The molecule has 0 spiro atoms. The third-order valence-electron chi connectivity index (χ3n) is 2.14. The molecule has 0 aliphatic rings. The summed E-state index contributed by atoms with van der Waals surface area (Å²) < 4.78 is 3.31. The summed E-state index contributed by atoms with van der Waals surface area (Å²) >= 11 is 5.70. The van der Waals surface area contributed by atoms with Gasteiger partial charge < -0.3 is 4.57 Å². The van der Waals surface area contributed by atoms with E-state index in [1.165, 1.54) is 10.9 Å². The second-order valence-electron chi connectivity index (χ2n) is 3.28. The average molecular weight is 224 g/mol. The number of hydrogen-bond acceptors (Lipinski definition) is 2. The second kappa shape index (κ2) is 3.90. The number of carbonyl (C=O) groups is 1. The van der Waals surface area contributed by atoms with Crippen LogP contribution in [-0.2, 0) is 13.6 Å². The van der Waals surface area contributed by atoms with Crippen LogP contribution in [0.4, 0.5) is 0 Å². The predicted molar refractivity (Wildman–Crippen MR) is 57.0 cm³/mol. The Balaban J connectivity index is 2.14. The molecule has 2 rings (SSSR count). The first-order chi connectivity index (χ1) is 7.16. The molecule has 4 nitrogen and oxygen atoms in total. The first kappa shape index (κ1) is 9.98. The van der Waals surface area contributed by atoms with Gasteiger partial charge in [0.1, 0.15) is 6.54 Å². The maximum absolute atomic E-state index is 11.8. The third-order valence-corrected chi connectivity index (χ3v) is 2.33. The fourth-order valence-corrected chi connectivity index (χ4v) is 1.56. The maximum atomic E-state index is 11.8. The molecule has 0 bridgehead atoms. The molecule has 15 heavy (non-hydrogen) atoms. The van der Waals surface area contributed by atoms with E-state index in [4.69, 9.17) is 11.6 Å². The standard InChI is InChI=1S/C10H10ClN3O/c1-13-4-2-3-9(13)10(15)7-14-6-8(11)5-12-14/h2-6H,7H2,1H3. The van der Waals surface area contributed by atoms with Crippen LogP contribution in [0.25, 0.3) is 0 Å². The van der Waals surface area contributed by atoms with Gasteiger partial charge in [-0.15, -0.1) is 0 Å². The summed E-state index contributed by atoms with van der Waals surface area (Å²) in [4.78, 5) is 11.8. The third kappa shape index (κ3) is 2.10. The highest BCUT2D eigenvalue weighted by atomic mass is 35.5. The minimum atomic E-state index is 0.0160. The fraction of sp³-hybridized carbons (Fsp3) is 0.200. The van der Waals surface area contributed by atoms with Crippen molar-refractivity contribution in [2.45, 2.75) is 6.54 Å². The molecule has 0 unspecified atom stereocenters. The van der Waals surface area contributed by atoms with Crippen LogP contribution in [0.1, 0.15) is 10.5 Å². The largest absolute Gasteiger partial charge is 0.348 e. The zero-order valence-corrected chi connectivity index (χ0v) is 8.98. The number of aromatic nitrogens is 3. The molecule has 0 fully saturated rings. The highest BCUT2D eigenvalue weighted by molar-refractivity contribution is 6.30. The Morgan fingerprint density at radius 1 is 1.60 bits per heavy atom. The van der Waals surface area contributed by atoms with Gasteiger partial charge in [-0.2, -0.15) is 5.10 Å². The van der Waals surface area contributed by atoms with Gasteiger partial charge in [-0.3, -0.25) is 9.48 Å². The van der Waals surface area contributed by atoms with Crippen LogP contribution in [0, 0.1) is 0 Å². The van der Waals surface area contributed by atoms with Crippen molar-refractivity contribution < 1.29 is 4.79 Å². The summed E-state index contributed by atoms with van der Waals surface area (Å²) in [5.74, 6) is 0.0160. The van der Waals surface area contributed by atoms with Crippen LogP contribution >= 0.6 is 11.6 Å². The van der Waals surface area contributed by atoms with E-state index in [1.54, 1.807) is 16.8 Å². The molecule has 0 N–H and O–H groups in total. The first-order valence-electron chi connectivity index (χ1n) is 4.49. The second-order valence-corrected chi connectivity index (χ2v) is 3.72. The molecule has 0 amide bonds. The van der Waals surface area contributed by atoms with Gasteiger partial charge in [0.15, 0.2) is 0 Å². The Bertz CT molecular complexity index is 486. The SMILES string of the molecule is Cn1cccc1C(=O)Cn1cc(Cl)cn1. The summed E-state index contributed by atoms with van der Waals surface area (Å²) in [5, 5.41) is 4.49. The summed E-state index contributed by atoms with van der Waals surface area (Å²) in [5.41, 5.74) is 0.668. The molecule has 0 radical (unpaired) electrons. The van der Waals surface area contributed by atoms with Crippen LogP contribution in [0.3, 0.4) is 0 Å². The molecular formula is C10H10ClN3O. The lowest BCUT2D eigenvalue weighted by Crippen LogP contribution is -2.13. The molecule has 0 aliphatic heterocycles. The molecule has 0 saturated carbocycles. The molecule has 2 aromatic heterocycles. The minimum absolute atomic E-state index is 0.0160. The van der Waals surface area contributed by atoms with Crippen LogP contribution in [0.5, 0.6) is 0 Å². The first-order valence-corrected chi connectivity index (χ1v) is 4.87. The molecule has 0 atom stereocenters. The lowest BCUT2D eigenvalue weighted by molar-refractivity contribution is 0.0960. The van der Waals surface area contributed by atoms with Crippen molar-refractivity contribution in [3.05, 3.63) is 41.4 Å². The smallest absolute Gasteiger partial charge is 0.200 e. The molecule has 5 heteroatoms. The molecule has 2 heterocycles. The number of carbonyl (C=O) groups excluding carboxylic acids is 1. The molecule has 0 aromatic carbocycles. The summed E-state index contributed by atoms with van der Waals surface area (Å²) in [7, 11) is 1.84. The van der Waals surface area contributed by atoms with Gasteiger partial charge in [0.2, 0.25) is 5.78 Å². The zero-order valence-electron chi connectivity index (χ0n) is 8.22. The van der Waals surface area contributed by atoms with Crippen molar-refractivity contribution in [1.82, 2.24) is 14.3 Å². The van der Waals surface area contributed by atoms with E-state index in [9.17, 15) is 4.79 Å². The van der Waals surface area contributed by atoms with Gasteiger partial charge in [-0.1, -0.05) is 11.6 Å². The van der Waals surface area contributed by atoms with Crippen molar-refractivity contribution in [2.24, 2.45) is 7.05 Å². The van der Waals surface area contributed by atoms with Gasteiger partial charge in [0.25, 0.3) is 0 Å². The number of halogens is 1. The number of nitrogens with zero attached hydrogens (tertiary/aromatic N) is 3. The van der Waals surface area contributed by atoms with Crippen molar-refractivity contribution in [1.29, 1.82) is 0 Å². The van der Waals surface area contributed by atoms with E-state index in [0.29, 0.717) is 10.7 Å². The topological polar surface area (TPSA) is 39.8 Å². The van der Waals surface area contributed by atoms with Crippen molar-refractivity contribution >= 4 is 17.4 Å². The number of rotatable bonds is 3. The molecule has 2 aromatic rings. The lowest BCUT2D eigenvalue weighted by Gasteiger charge is -2.02. The monoisotopic (exact) mass is 223 g/mol. The number of hydrogen-bond donors (Lipinski definition) is 0. The van der Waals surface area contributed by atoms with Gasteiger partial charge in [0.05, 0.1) is 16.9 Å². The van der Waals surface area contributed by atoms with E-state index in [-0.39, 0.29) is 12.3 Å². The Kier molecular flexibility index (Phi) is 2.60. The normalized spacial score (nSPS) is 10.5. The summed E-state index contributed by atoms with van der Waals surface area (Å²) in [6, 6.07) is 3.62. The average Bonchev–Trinajstić information content (AvgIpc) is 2.75. The van der Waals surface area contributed by atoms with Crippen molar-refractivity contribution in [3.8, 4) is 0 Å². The van der Waals surface area contributed by atoms with Crippen LogP contribution in [0.2, 0.25) is 5.02 Å². The van der Waals surface area contributed by atoms with Gasteiger partial charge >= 0.3 is 0 Å². The van der Waals surface area contributed by atoms with Gasteiger partial charge in [-0.05, 0) is 12.1 Å². The quantitative estimate of drug-likeness (QED) is 0.744. The highest BCUT2D eigenvalue weighted by Crippen LogP contribution is 2.07. The number of aryl methyl sites for hydroxylation is 1. The Morgan fingerprint density at radius 2 is 2.40 bits per heavy atom. The summed E-state index contributed by atoms with van der Waals surface area (Å²) in [6.07, 6.45) is 4.98. The van der Waals surface area contributed by atoms with E-state index in [0.717, 1.165) is 0 Å². The predicted octanol–water partition coefficient (Wildman–Crippen LogP) is 1.76. The van der Waals surface area contributed by atoms with E-state index in [1.807, 2.05) is 19.3 Å². The van der Waals surface area contributed by atoms with Crippen LogP contribution in [-0.4, -0.2) is 20.1 Å². The minimum Gasteiger partial charge on any atom is -0.348 e. The Labute approximate surface area is 92.1 Å². The van der Waals surface area contributed by atoms with E-state index >= 15 is 0 Å². The van der Waals surface area contributed by atoms with E-state index in [2.05, 4.69) is 5.10 Å². The molecular weight excluding hydrogens is 214 g/mol. The Morgan fingerprint density at radius 3 is 2.93 bits per heavy atom. The Hall–Kier alpha value is -1.55. The van der Waals surface area contributed by atoms with Crippen molar-refractivity contribution in [3.63, 3.8) is 0 Å². The fourth-order valence-electron chi connectivity index (χ4n) is 1.40. The lowest BCUT2D eigenvalue weighted by atomic mass is 10.3. The maximum Gasteiger partial charge on any atom is 0.200 e. The zero-order chi connectivity index (χ0) is 10.8. The summed E-state index contributed by atoms with van der Waals surface area (Å²) in [6.45, 7) is 0.213. The highest BCUT2D eigenvalue weighted by Gasteiger charge is 2.09. The number of Topliss-reactive ketones (excluding diaryl/α,β-unsaturated/α-hetero) is 1. The molecule has 0 saturated heterocycles. The van der Waals surface area contributed by atoms with Crippen LogP contribution < -0.4 is 0 Å². The molecule has 78 valence electrons. The van der Waals surface area contributed by atoms with Crippen LogP contribution in [0.15, 0.2) is 30.7 Å². The van der Waals surface area contributed by atoms with Gasteiger partial charge in [0, 0.05) is 19.4 Å².